The first-order valence-corrected chi connectivity index (χ1v) is 7.52. The molecule has 6 heteroatoms. The molecule has 0 amide bonds. The molecule has 0 N–H and O–H groups in total. The number of benzene rings is 1. The molecule has 1 aliphatic rings. The zero-order chi connectivity index (χ0) is 15.5. The van der Waals surface area contributed by atoms with Gasteiger partial charge in [0.15, 0.2) is 6.29 Å². The number of fused-ring (bicyclic) bond motifs is 1. The Bertz CT molecular complexity index is 688. The average molecular weight is 303 g/mol. The van der Waals surface area contributed by atoms with Crippen LogP contribution in [0.2, 0.25) is 0 Å². The molecule has 1 aromatic heterocycles. The third-order valence-electron chi connectivity index (χ3n) is 4.31. The lowest BCUT2D eigenvalue weighted by Gasteiger charge is -2.35. The smallest absolute Gasteiger partial charge is 0.293 e. The zero-order valence-electron chi connectivity index (χ0n) is 12.9. The van der Waals surface area contributed by atoms with Gasteiger partial charge in [-0.2, -0.15) is 5.10 Å². The van der Waals surface area contributed by atoms with Gasteiger partial charge in [-0.3, -0.25) is 9.80 Å². The fourth-order valence-corrected chi connectivity index (χ4v) is 3.11. The highest BCUT2D eigenvalue weighted by Gasteiger charge is 2.27. The Labute approximate surface area is 129 Å². The van der Waals surface area contributed by atoms with E-state index in [4.69, 9.17) is 9.47 Å². The van der Waals surface area contributed by atoms with E-state index in [1.807, 2.05) is 29.3 Å². The van der Waals surface area contributed by atoms with Gasteiger partial charge in [0.05, 0.1) is 11.6 Å². The van der Waals surface area contributed by atoms with Crippen LogP contribution in [-0.4, -0.2) is 43.5 Å². The molecule has 2 heterocycles. The first-order chi connectivity index (χ1) is 10.7. The first-order valence-electron chi connectivity index (χ1n) is 7.52. The van der Waals surface area contributed by atoms with Crippen LogP contribution in [-0.2, 0) is 9.47 Å². The molecule has 0 unspecified atom stereocenters. The number of methoxy groups -OCH3 is 2. The minimum Gasteiger partial charge on any atom is -0.356 e. The second-order valence-corrected chi connectivity index (χ2v) is 5.56. The van der Waals surface area contributed by atoms with E-state index in [9.17, 15) is 4.79 Å². The summed E-state index contributed by atoms with van der Waals surface area (Å²) in [4.78, 5) is 14.1. The molecule has 118 valence electrons. The summed E-state index contributed by atoms with van der Waals surface area (Å²) < 4.78 is 10.7. The van der Waals surface area contributed by atoms with Crippen molar-refractivity contribution in [3.63, 3.8) is 0 Å². The van der Waals surface area contributed by atoms with E-state index in [1.165, 1.54) is 4.79 Å². The molecule has 0 radical (unpaired) electrons. The van der Waals surface area contributed by atoms with Crippen molar-refractivity contribution in [3.05, 3.63) is 40.8 Å². The third-order valence-corrected chi connectivity index (χ3v) is 4.31. The van der Waals surface area contributed by atoms with E-state index in [0.717, 1.165) is 31.3 Å². The third kappa shape index (κ3) is 2.71. The Morgan fingerprint density at radius 2 is 1.86 bits per heavy atom. The maximum absolute atomic E-state index is 12.6. The Hall–Kier alpha value is -1.92. The van der Waals surface area contributed by atoms with Crippen LogP contribution >= 0.6 is 0 Å². The van der Waals surface area contributed by atoms with E-state index < -0.39 is 0 Å². The number of hydrogen-bond donors (Lipinski definition) is 0. The van der Waals surface area contributed by atoms with Crippen molar-refractivity contribution in [2.45, 2.75) is 19.1 Å². The lowest BCUT2D eigenvalue weighted by Crippen LogP contribution is -2.49. The van der Waals surface area contributed by atoms with Gasteiger partial charge in [-0.05, 0) is 18.9 Å². The monoisotopic (exact) mass is 303 g/mol. The average Bonchev–Trinajstić information content (AvgIpc) is 2.57. The van der Waals surface area contributed by atoms with Crippen LogP contribution in [0.25, 0.3) is 10.8 Å². The molecular weight excluding hydrogens is 282 g/mol. The highest BCUT2D eigenvalue weighted by molar-refractivity contribution is 5.80. The molecule has 0 bridgehead atoms. The van der Waals surface area contributed by atoms with Crippen molar-refractivity contribution in [1.29, 1.82) is 0 Å². The minimum atomic E-state index is -0.177. The van der Waals surface area contributed by atoms with Gasteiger partial charge >= 0.3 is 0 Å². The molecule has 6 nitrogen and oxygen atoms in total. The summed E-state index contributed by atoms with van der Waals surface area (Å²) in [5, 5.41) is 7.87. The van der Waals surface area contributed by atoms with Crippen LogP contribution < -0.4 is 10.6 Å². The number of ether oxygens (including phenoxy) is 2. The molecule has 1 aromatic carbocycles. The normalized spacial score (nSPS) is 16.6. The molecule has 1 saturated heterocycles. The summed E-state index contributed by atoms with van der Waals surface area (Å²) in [6.45, 7) is 1.53. The number of hydrogen-bond acceptors (Lipinski definition) is 5. The molecule has 22 heavy (non-hydrogen) atoms. The van der Waals surface area contributed by atoms with E-state index in [2.05, 4.69) is 5.10 Å². The SMILES string of the molecule is COC(OC)C1CCN(n2ncc3ccccc3c2=O)CC1. The summed E-state index contributed by atoms with van der Waals surface area (Å²) in [5.41, 5.74) is -0.0633. The molecule has 0 aliphatic carbocycles. The van der Waals surface area contributed by atoms with Crippen molar-refractivity contribution in [1.82, 2.24) is 9.89 Å². The van der Waals surface area contributed by atoms with Crippen LogP contribution in [0.3, 0.4) is 0 Å². The predicted octanol–water partition coefficient (Wildman–Crippen LogP) is 1.36. The molecule has 1 fully saturated rings. The Morgan fingerprint density at radius 1 is 1.18 bits per heavy atom. The molecular formula is C16H21N3O3. The van der Waals surface area contributed by atoms with Crippen LogP contribution in [0.5, 0.6) is 0 Å². The second-order valence-electron chi connectivity index (χ2n) is 5.56. The van der Waals surface area contributed by atoms with Crippen molar-refractivity contribution in [3.8, 4) is 0 Å². The van der Waals surface area contributed by atoms with Crippen molar-refractivity contribution < 1.29 is 9.47 Å². The van der Waals surface area contributed by atoms with Crippen LogP contribution in [0, 0.1) is 5.92 Å². The summed E-state index contributed by atoms with van der Waals surface area (Å²) >= 11 is 0. The van der Waals surface area contributed by atoms with Crippen molar-refractivity contribution >= 4 is 10.8 Å². The lowest BCUT2D eigenvalue weighted by atomic mass is 9.97. The Morgan fingerprint density at radius 3 is 2.55 bits per heavy atom. The molecule has 0 spiro atoms. The molecule has 0 saturated carbocycles. The maximum atomic E-state index is 12.6. The topological polar surface area (TPSA) is 56.6 Å². The number of nitrogens with zero attached hydrogens (tertiary/aromatic N) is 3. The first kappa shape index (κ1) is 15.0. The second kappa shape index (κ2) is 6.46. The van der Waals surface area contributed by atoms with E-state index in [-0.39, 0.29) is 11.8 Å². The number of piperidine rings is 1. The van der Waals surface area contributed by atoms with Crippen LogP contribution in [0.15, 0.2) is 35.3 Å². The van der Waals surface area contributed by atoms with E-state index in [1.54, 1.807) is 20.4 Å². The summed E-state index contributed by atoms with van der Waals surface area (Å²) in [5.74, 6) is 0.349. The quantitative estimate of drug-likeness (QED) is 0.798. The Balaban J connectivity index is 1.79. The van der Waals surface area contributed by atoms with Gasteiger partial charge in [0, 0.05) is 38.6 Å². The highest BCUT2D eigenvalue weighted by atomic mass is 16.7. The van der Waals surface area contributed by atoms with Gasteiger partial charge in [0.25, 0.3) is 5.56 Å². The van der Waals surface area contributed by atoms with Gasteiger partial charge in [-0.15, -0.1) is 4.79 Å². The zero-order valence-corrected chi connectivity index (χ0v) is 12.9. The van der Waals surface area contributed by atoms with E-state index >= 15 is 0 Å². The minimum absolute atomic E-state index is 0.0633. The van der Waals surface area contributed by atoms with E-state index in [0.29, 0.717) is 11.3 Å². The van der Waals surface area contributed by atoms with Crippen molar-refractivity contribution in [2.75, 3.05) is 32.3 Å². The largest absolute Gasteiger partial charge is 0.356 e. The summed E-state index contributed by atoms with van der Waals surface area (Å²) in [6, 6.07) is 7.54. The predicted molar refractivity (Wildman–Crippen MR) is 84.5 cm³/mol. The van der Waals surface area contributed by atoms with Gasteiger partial charge in [-0.1, -0.05) is 18.2 Å². The number of rotatable bonds is 4. The molecule has 2 aromatic rings. The molecule has 0 atom stereocenters. The fourth-order valence-electron chi connectivity index (χ4n) is 3.11. The molecule has 1 aliphatic heterocycles. The van der Waals surface area contributed by atoms with Gasteiger partial charge < -0.3 is 9.47 Å². The van der Waals surface area contributed by atoms with Gasteiger partial charge in [0.2, 0.25) is 0 Å². The highest BCUT2D eigenvalue weighted by Crippen LogP contribution is 2.22. The maximum Gasteiger partial charge on any atom is 0.293 e. The number of aromatic nitrogens is 2. The standard InChI is InChI=1S/C16H21N3O3/c1-21-16(22-2)12-7-9-18(10-8-12)19-15(20)14-6-4-3-5-13(14)11-17-19/h3-6,11-12,16H,7-10H2,1-2H3. The summed E-state index contributed by atoms with van der Waals surface area (Å²) in [6.07, 6.45) is 3.39. The van der Waals surface area contributed by atoms with Gasteiger partial charge in [0.1, 0.15) is 0 Å². The van der Waals surface area contributed by atoms with Gasteiger partial charge in [-0.25, -0.2) is 0 Å². The van der Waals surface area contributed by atoms with Crippen LogP contribution in [0.1, 0.15) is 12.8 Å². The lowest BCUT2D eigenvalue weighted by molar-refractivity contribution is -0.141. The van der Waals surface area contributed by atoms with Crippen LogP contribution in [0.4, 0.5) is 0 Å². The summed E-state index contributed by atoms with van der Waals surface area (Å²) in [7, 11) is 3.33. The molecule has 3 rings (SSSR count). The van der Waals surface area contributed by atoms with Crippen molar-refractivity contribution in [2.24, 2.45) is 5.92 Å². The Kier molecular flexibility index (Phi) is 4.40. The fraction of sp³-hybridized carbons (Fsp3) is 0.500.